The Kier molecular flexibility index (Phi) is 1.06. The van der Waals surface area contributed by atoms with Crippen LogP contribution in [0.3, 0.4) is 0 Å². The molecular weight excluding hydrogens is 117 g/mol. The van der Waals surface area contributed by atoms with E-state index in [1.54, 1.807) is 0 Å². The molecule has 2 heteroatoms. The Hall–Kier alpha value is -0.110. The van der Waals surface area contributed by atoms with E-state index in [9.17, 15) is 4.39 Å². The third kappa shape index (κ3) is 0.855. The predicted octanol–water partition coefficient (Wildman–Crippen LogP) is 1.10. The lowest BCUT2D eigenvalue weighted by Gasteiger charge is -2.10. The van der Waals surface area contributed by atoms with E-state index in [1.165, 1.54) is 0 Å². The summed E-state index contributed by atoms with van der Waals surface area (Å²) in [6, 6.07) is 0. The molecule has 0 spiro atoms. The standard InChI is InChI=1S/C7H12FN/c8-7(2-3-7)6-1-4-9-5-6/h6,9H,1-5H2. The lowest BCUT2D eigenvalue weighted by molar-refractivity contribution is 0.215. The van der Waals surface area contributed by atoms with Gasteiger partial charge in [0, 0.05) is 12.5 Å². The molecule has 9 heavy (non-hydrogen) atoms. The van der Waals surface area contributed by atoms with Gasteiger partial charge in [-0.2, -0.15) is 0 Å². The summed E-state index contributed by atoms with van der Waals surface area (Å²) in [6.45, 7) is 1.94. The molecule has 2 fully saturated rings. The van der Waals surface area contributed by atoms with Crippen LogP contribution in [0, 0.1) is 5.92 Å². The van der Waals surface area contributed by atoms with E-state index < -0.39 is 5.67 Å². The van der Waals surface area contributed by atoms with Crippen LogP contribution in [0.25, 0.3) is 0 Å². The minimum Gasteiger partial charge on any atom is -0.316 e. The summed E-state index contributed by atoms with van der Waals surface area (Å²) >= 11 is 0. The number of hydrogen-bond acceptors (Lipinski definition) is 1. The first kappa shape index (κ1) is 5.66. The molecule has 0 aromatic heterocycles. The lowest BCUT2D eigenvalue weighted by Crippen LogP contribution is -2.19. The van der Waals surface area contributed by atoms with Crippen LogP contribution in [0.15, 0.2) is 0 Å². The van der Waals surface area contributed by atoms with Gasteiger partial charge in [0.25, 0.3) is 0 Å². The minimum atomic E-state index is -0.733. The second-order valence-corrected chi connectivity index (χ2v) is 3.22. The van der Waals surface area contributed by atoms with E-state index >= 15 is 0 Å². The summed E-state index contributed by atoms with van der Waals surface area (Å²) < 4.78 is 13.2. The smallest absolute Gasteiger partial charge is 0.115 e. The molecule has 1 unspecified atom stereocenters. The monoisotopic (exact) mass is 129 g/mol. The highest BCUT2D eigenvalue weighted by molar-refractivity contribution is 5.02. The second kappa shape index (κ2) is 1.69. The van der Waals surface area contributed by atoms with E-state index in [0.717, 1.165) is 32.4 Å². The number of alkyl halides is 1. The highest BCUT2D eigenvalue weighted by Gasteiger charge is 2.50. The maximum absolute atomic E-state index is 13.2. The number of rotatable bonds is 1. The van der Waals surface area contributed by atoms with Crippen molar-refractivity contribution in [2.24, 2.45) is 5.92 Å². The second-order valence-electron chi connectivity index (χ2n) is 3.22. The summed E-state index contributed by atoms with van der Waals surface area (Å²) in [4.78, 5) is 0. The molecular formula is C7H12FN. The Balaban J connectivity index is 1.97. The van der Waals surface area contributed by atoms with Crippen molar-refractivity contribution in [3.8, 4) is 0 Å². The van der Waals surface area contributed by atoms with Crippen LogP contribution < -0.4 is 5.32 Å². The molecule has 2 rings (SSSR count). The van der Waals surface area contributed by atoms with Crippen LogP contribution in [0.5, 0.6) is 0 Å². The van der Waals surface area contributed by atoms with Gasteiger partial charge in [0.15, 0.2) is 0 Å². The van der Waals surface area contributed by atoms with Crippen LogP contribution in [-0.2, 0) is 0 Å². The Labute approximate surface area is 54.6 Å². The van der Waals surface area contributed by atoms with Crippen molar-refractivity contribution in [3.05, 3.63) is 0 Å². The van der Waals surface area contributed by atoms with Crippen molar-refractivity contribution < 1.29 is 4.39 Å². The molecule has 52 valence electrons. The van der Waals surface area contributed by atoms with Gasteiger partial charge in [0.05, 0.1) is 0 Å². The van der Waals surface area contributed by atoms with Gasteiger partial charge in [-0.1, -0.05) is 0 Å². The first-order valence-electron chi connectivity index (χ1n) is 3.71. The SMILES string of the molecule is FC1(C2CCNC2)CC1. The summed E-state index contributed by atoms with van der Waals surface area (Å²) in [5.41, 5.74) is -0.733. The third-order valence-electron chi connectivity index (χ3n) is 2.52. The molecule has 1 aliphatic heterocycles. The zero-order valence-electron chi connectivity index (χ0n) is 5.49. The van der Waals surface area contributed by atoms with E-state index in [4.69, 9.17) is 0 Å². The fourth-order valence-electron chi connectivity index (χ4n) is 1.62. The van der Waals surface area contributed by atoms with Crippen molar-refractivity contribution in [2.45, 2.75) is 24.9 Å². The van der Waals surface area contributed by atoms with Gasteiger partial charge in [0.1, 0.15) is 5.67 Å². The zero-order valence-corrected chi connectivity index (χ0v) is 5.49. The Bertz CT molecular complexity index is 114. The third-order valence-corrected chi connectivity index (χ3v) is 2.52. The molecule has 1 nitrogen and oxygen atoms in total. The summed E-state index contributed by atoms with van der Waals surface area (Å²) in [5.74, 6) is 0.345. The van der Waals surface area contributed by atoms with Crippen molar-refractivity contribution in [1.82, 2.24) is 5.32 Å². The van der Waals surface area contributed by atoms with Crippen molar-refractivity contribution in [3.63, 3.8) is 0 Å². The first-order valence-corrected chi connectivity index (χ1v) is 3.71. The van der Waals surface area contributed by atoms with Crippen molar-refractivity contribution in [2.75, 3.05) is 13.1 Å². The molecule has 1 heterocycles. The average Bonchev–Trinajstić information content (AvgIpc) is 2.46. The average molecular weight is 129 g/mol. The summed E-state index contributed by atoms with van der Waals surface area (Å²) in [7, 11) is 0. The van der Waals surface area contributed by atoms with E-state index in [2.05, 4.69) is 5.32 Å². The largest absolute Gasteiger partial charge is 0.316 e. The van der Waals surface area contributed by atoms with Gasteiger partial charge in [-0.05, 0) is 25.8 Å². The fourth-order valence-corrected chi connectivity index (χ4v) is 1.62. The molecule has 0 aromatic rings. The molecule has 1 saturated heterocycles. The Morgan fingerprint density at radius 1 is 1.44 bits per heavy atom. The number of halogens is 1. The summed E-state index contributed by atoms with van der Waals surface area (Å²) in [6.07, 6.45) is 2.69. The van der Waals surface area contributed by atoms with Crippen LogP contribution in [0.2, 0.25) is 0 Å². The molecule has 1 aliphatic carbocycles. The molecule has 1 saturated carbocycles. The van der Waals surface area contributed by atoms with Gasteiger partial charge < -0.3 is 5.32 Å². The number of hydrogen-bond donors (Lipinski definition) is 1. The Morgan fingerprint density at radius 3 is 2.67 bits per heavy atom. The normalized spacial score (nSPS) is 39.0. The molecule has 1 N–H and O–H groups in total. The van der Waals surface area contributed by atoms with Crippen LogP contribution in [0.4, 0.5) is 4.39 Å². The Morgan fingerprint density at radius 2 is 2.22 bits per heavy atom. The zero-order chi connectivity index (χ0) is 6.32. The fraction of sp³-hybridized carbons (Fsp3) is 1.00. The van der Waals surface area contributed by atoms with Crippen LogP contribution in [-0.4, -0.2) is 18.8 Å². The maximum Gasteiger partial charge on any atom is 0.115 e. The molecule has 2 aliphatic rings. The van der Waals surface area contributed by atoms with Gasteiger partial charge in [-0.15, -0.1) is 0 Å². The van der Waals surface area contributed by atoms with Crippen LogP contribution in [0.1, 0.15) is 19.3 Å². The molecule has 0 bridgehead atoms. The quantitative estimate of drug-likeness (QED) is 0.559. The van der Waals surface area contributed by atoms with E-state index in [-0.39, 0.29) is 0 Å². The van der Waals surface area contributed by atoms with Crippen LogP contribution >= 0.6 is 0 Å². The highest BCUT2D eigenvalue weighted by Crippen LogP contribution is 2.48. The molecule has 0 radical (unpaired) electrons. The lowest BCUT2D eigenvalue weighted by atomic mass is 10.0. The number of nitrogens with one attached hydrogen (secondary N) is 1. The highest BCUT2D eigenvalue weighted by atomic mass is 19.1. The van der Waals surface area contributed by atoms with Gasteiger partial charge in [-0.3, -0.25) is 0 Å². The van der Waals surface area contributed by atoms with E-state index in [0.29, 0.717) is 5.92 Å². The topological polar surface area (TPSA) is 12.0 Å². The van der Waals surface area contributed by atoms with Crippen molar-refractivity contribution >= 4 is 0 Å². The van der Waals surface area contributed by atoms with Gasteiger partial charge in [0.2, 0.25) is 0 Å². The van der Waals surface area contributed by atoms with Gasteiger partial charge >= 0.3 is 0 Å². The summed E-state index contributed by atoms with van der Waals surface area (Å²) in [5, 5.41) is 3.18. The molecule has 0 amide bonds. The minimum absolute atomic E-state index is 0.345. The predicted molar refractivity (Wildman–Crippen MR) is 34.0 cm³/mol. The first-order chi connectivity index (χ1) is 4.31. The van der Waals surface area contributed by atoms with E-state index in [1.807, 2.05) is 0 Å². The van der Waals surface area contributed by atoms with Gasteiger partial charge in [-0.25, -0.2) is 4.39 Å². The maximum atomic E-state index is 13.2. The molecule has 0 aromatic carbocycles. The molecule has 1 atom stereocenters. The van der Waals surface area contributed by atoms with Crippen molar-refractivity contribution in [1.29, 1.82) is 0 Å².